The van der Waals surface area contributed by atoms with Gasteiger partial charge >= 0.3 is 0 Å². The van der Waals surface area contributed by atoms with Crippen molar-refractivity contribution in [1.82, 2.24) is 14.4 Å². The number of anilines is 1. The minimum Gasteiger partial charge on any atom is -0.320 e. The highest BCUT2D eigenvalue weighted by Crippen LogP contribution is 2.35. The summed E-state index contributed by atoms with van der Waals surface area (Å²) in [5.74, 6) is 0.741. The Morgan fingerprint density at radius 3 is 2.67 bits per heavy atom. The molecule has 0 saturated carbocycles. The lowest BCUT2D eigenvalue weighted by Gasteiger charge is -2.43. The highest BCUT2D eigenvalue weighted by atomic mass is 16.2. The van der Waals surface area contributed by atoms with Crippen molar-refractivity contribution >= 4 is 11.6 Å². The van der Waals surface area contributed by atoms with Gasteiger partial charge in [0.25, 0.3) is 5.56 Å². The van der Waals surface area contributed by atoms with E-state index in [0.29, 0.717) is 17.5 Å². The van der Waals surface area contributed by atoms with Crippen molar-refractivity contribution in [3.8, 4) is 0 Å². The van der Waals surface area contributed by atoms with Crippen LogP contribution in [0.25, 0.3) is 0 Å². The first-order valence-electron chi connectivity index (χ1n) is 10.9. The summed E-state index contributed by atoms with van der Waals surface area (Å²) >= 11 is 0. The molecular formula is C24H32N4O2. The van der Waals surface area contributed by atoms with Gasteiger partial charge in [0.05, 0.1) is 6.54 Å². The second kappa shape index (κ2) is 9.14. The van der Waals surface area contributed by atoms with Gasteiger partial charge in [0.15, 0.2) is 0 Å². The van der Waals surface area contributed by atoms with Crippen LogP contribution in [-0.2, 0) is 17.8 Å². The summed E-state index contributed by atoms with van der Waals surface area (Å²) in [6.45, 7) is 4.18. The number of likely N-dealkylation sites (tertiary alicyclic amines) is 1. The first-order valence-corrected chi connectivity index (χ1v) is 10.9. The zero-order valence-corrected chi connectivity index (χ0v) is 18.0. The molecule has 6 nitrogen and oxygen atoms in total. The Labute approximate surface area is 178 Å². The van der Waals surface area contributed by atoms with E-state index >= 15 is 0 Å². The number of piperidine rings is 1. The van der Waals surface area contributed by atoms with Crippen molar-refractivity contribution in [3.05, 3.63) is 64.1 Å². The van der Waals surface area contributed by atoms with E-state index in [2.05, 4.69) is 40.5 Å². The fraction of sp³-hybridized carbons (Fsp3) is 0.500. The molecule has 4 rings (SSSR count). The van der Waals surface area contributed by atoms with Crippen molar-refractivity contribution in [2.75, 3.05) is 45.6 Å². The molecule has 1 amide bonds. The standard InChI is InChI=1S/C24H32N4O2/c1-26(2)17-23(29)25-21-10-11-22-20-13-19(15-28(22)24(21)30)14-27(16-20)12-6-9-18-7-4-3-5-8-18/h3-5,7-8,10-11,19-20H,6,9,12-17H2,1-2H3,(H,25,29)/t19-,20+/m0/s1. The summed E-state index contributed by atoms with van der Waals surface area (Å²) in [5.41, 5.74) is 2.85. The Morgan fingerprint density at radius 2 is 1.90 bits per heavy atom. The molecule has 2 bridgehead atoms. The smallest absolute Gasteiger partial charge is 0.274 e. The van der Waals surface area contributed by atoms with Crippen molar-refractivity contribution < 1.29 is 4.79 Å². The lowest BCUT2D eigenvalue weighted by Crippen LogP contribution is -2.47. The molecule has 2 aromatic rings. The summed E-state index contributed by atoms with van der Waals surface area (Å²) in [7, 11) is 3.68. The third-order valence-corrected chi connectivity index (χ3v) is 6.20. The van der Waals surface area contributed by atoms with Crippen LogP contribution in [0.4, 0.5) is 5.69 Å². The average molecular weight is 409 g/mol. The van der Waals surface area contributed by atoms with E-state index in [0.717, 1.165) is 51.1 Å². The first kappa shape index (κ1) is 20.8. The zero-order chi connectivity index (χ0) is 21.1. The number of aryl methyl sites for hydroxylation is 1. The van der Waals surface area contributed by atoms with Crippen LogP contribution in [0.5, 0.6) is 0 Å². The van der Waals surface area contributed by atoms with Crippen LogP contribution in [0.15, 0.2) is 47.3 Å². The van der Waals surface area contributed by atoms with Gasteiger partial charge in [-0.05, 0) is 63.5 Å². The third kappa shape index (κ3) is 4.82. The van der Waals surface area contributed by atoms with Crippen molar-refractivity contribution in [2.24, 2.45) is 5.92 Å². The lowest BCUT2D eigenvalue weighted by atomic mass is 9.83. The molecule has 1 N–H and O–H groups in total. The molecule has 2 aliphatic rings. The van der Waals surface area contributed by atoms with Gasteiger partial charge in [-0.2, -0.15) is 0 Å². The maximum atomic E-state index is 13.0. The normalized spacial score (nSPS) is 20.8. The fourth-order valence-corrected chi connectivity index (χ4v) is 4.95. The van der Waals surface area contributed by atoms with Crippen LogP contribution in [0.1, 0.15) is 30.0 Å². The lowest BCUT2D eigenvalue weighted by molar-refractivity contribution is -0.116. The number of pyridine rings is 1. The minimum atomic E-state index is -0.154. The number of nitrogens with zero attached hydrogens (tertiary/aromatic N) is 3. The largest absolute Gasteiger partial charge is 0.320 e. The Morgan fingerprint density at radius 1 is 1.10 bits per heavy atom. The van der Waals surface area contributed by atoms with E-state index in [1.165, 1.54) is 5.56 Å². The summed E-state index contributed by atoms with van der Waals surface area (Å²) in [6, 6.07) is 14.5. The predicted molar refractivity (Wildman–Crippen MR) is 120 cm³/mol. The van der Waals surface area contributed by atoms with Crippen LogP contribution < -0.4 is 10.9 Å². The number of nitrogens with one attached hydrogen (secondary N) is 1. The molecule has 2 aliphatic heterocycles. The summed E-state index contributed by atoms with van der Waals surface area (Å²) in [5, 5.41) is 2.79. The maximum Gasteiger partial charge on any atom is 0.274 e. The highest BCUT2D eigenvalue weighted by Gasteiger charge is 2.34. The number of carbonyl (C=O) groups excluding carboxylic acids is 1. The molecule has 1 aromatic carbocycles. The molecule has 0 spiro atoms. The number of benzene rings is 1. The van der Waals surface area contributed by atoms with E-state index in [-0.39, 0.29) is 18.0 Å². The molecule has 3 heterocycles. The van der Waals surface area contributed by atoms with E-state index in [1.807, 2.05) is 24.7 Å². The maximum absolute atomic E-state index is 13.0. The second-order valence-electron chi connectivity index (χ2n) is 9.02. The van der Waals surface area contributed by atoms with Gasteiger partial charge in [-0.1, -0.05) is 30.3 Å². The fourth-order valence-electron chi connectivity index (χ4n) is 4.95. The van der Waals surface area contributed by atoms with Gasteiger partial charge in [0.2, 0.25) is 5.91 Å². The molecule has 0 aliphatic carbocycles. The van der Waals surface area contributed by atoms with Crippen LogP contribution in [0.2, 0.25) is 0 Å². The summed E-state index contributed by atoms with van der Waals surface area (Å²) < 4.78 is 1.91. The van der Waals surface area contributed by atoms with Gasteiger partial charge in [-0.15, -0.1) is 0 Å². The number of aromatic nitrogens is 1. The molecule has 0 radical (unpaired) electrons. The van der Waals surface area contributed by atoms with E-state index in [4.69, 9.17) is 0 Å². The third-order valence-electron chi connectivity index (χ3n) is 6.20. The highest BCUT2D eigenvalue weighted by molar-refractivity contribution is 5.92. The Balaban J connectivity index is 1.40. The number of amides is 1. The van der Waals surface area contributed by atoms with Crippen LogP contribution in [0, 0.1) is 5.92 Å². The van der Waals surface area contributed by atoms with Crippen LogP contribution >= 0.6 is 0 Å². The summed E-state index contributed by atoms with van der Waals surface area (Å²) in [4.78, 5) is 29.4. The molecular weight excluding hydrogens is 376 g/mol. The number of rotatable bonds is 7. The topological polar surface area (TPSA) is 57.6 Å². The van der Waals surface area contributed by atoms with Crippen molar-refractivity contribution in [3.63, 3.8) is 0 Å². The number of fused-ring (bicyclic) bond motifs is 4. The Hall–Kier alpha value is -2.44. The van der Waals surface area contributed by atoms with Crippen molar-refractivity contribution in [1.29, 1.82) is 0 Å². The first-order chi connectivity index (χ1) is 14.5. The molecule has 6 heteroatoms. The number of hydrogen-bond donors (Lipinski definition) is 1. The van der Waals surface area contributed by atoms with E-state index in [1.54, 1.807) is 11.0 Å². The van der Waals surface area contributed by atoms with Gasteiger partial charge in [0, 0.05) is 31.2 Å². The van der Waals surface area contributed by atoms with E-state index in [9.17, 15) is 9.59 Å². The zero-order valence-electron chi connectivity index (χ0n) is 18.0. The number of hydrogen-bond acceptors (Lipinski definition) is 4. The molecule has 1 aromatic heterocycles. The molecule has 2 atom stereocenters. The molecule has 1 fully saturated rings. The number of likely N-dealkylation sites (N-methyl/N-ethyl adjacent to an activating group) is 1. The van der Waals surface area contributed by atoms with Gasteiger partial charge in [-0.25, -0.2) is 0 Å². The van der Waals surface area contributed by atoms with Gasteiger partial charge in [-0.3, -0.25) is 9.59 Å². The second-order valence-corrected chi connectivity index (χ2v) is 9.02. The quantitative estimate of drug-likeness (QED) is 0.764. The van der Waals surface area contributed by atoms with E-state index < -0.39 is 0 Å². The average Bonchev–Trinajstić information content (AvgIpc) is 2.71. The minimum absolute atomic E-state index is 0.0631. The Bertz CT molecular complexity index is 938. The SMILES string of the molecule is CN(C)CC(=O)Nc1ccc2n(c1=O)C[C@H]1C[C@@H]2CN(CCCc2ccccc2)C1. The summed E-state index contributed by atoms with van der Waals surface area (Å²) in [6.07, 6.45) is 3.42. The molecule has 1 saturated heterocycles. The molecule has 30 heavy (non-hydrogen) atoms. The predicted octanol–water partition coefficient (Wildman–Crippen LogP) is 2.40. The van der Waals surface area contributed by atoms with Crippen LogP contribution in [-0.4, -0.2) is 60.5 Å². The molecule has 160 valence electrons. The van der Waals surface area contributed by atoms with Gasteiger partial charge < -0.3 is 19.7 Å². The molecule has 0 unspecified atom stereocenters. The monoisotopic (exact) mass is 408 g/mol. The van der Waals surface area contributed by atoms with Crippen LogP contribution in [0.3, 0.4) is 0 Å². The number of carbonyl (C=O) groups is 1. The van der Waals surface area contributed by atoms with Gasteiger partial charge in [0.1, 0.15) is 5.69 Å². The Kier molecular flexibility index (Phi) is 6.35. The van der Waals surface area contributed by atoms with Crippen molar-refractivity contribution in [2.45, 2.75) is 31.7 Å².